The molecule has 0 aliphatic heterocycles. The van der Waals surface area contributed by atoms with Gasteiger partial charge in [0.15, 0.2) is 0 Å². The third kappa shape index (κ3) is 4.20. The number of aromatic nitrogens is 2. The highest BCUT2D eigenvalue weighted by Gasteiger charge is 2.21. The molecule has 1 aromatic heterocycles. The van der Waals surface area contributed by atoms with Gasteiger partial charge < -0.3 is 10.6 Å². The van der Waals surface area contributed by atoms with Crippen LogP contribution in [-0.4, -0.2) is 28.6 Å². The van der Waals surface area contributed by atoms with Crippen LogP contribution in [-0.2, 0) is 9.59 Å². The van der Waals surface area contributed by atoms with Gasteiger partial charge in [-0.1, -0.05) is 20.8 Å². The monoisotopic (exact) mass is 252 g/mol. The molecule has 1 unspecified atom stereocenters. The minimum Gasteiger partial charge on any atom is -0.348 e. The van der Waals surface area contributed by atoms with Crippen LogP contribution in [0.2, 0.25) is 0 Å². The molecule has 0 saturated heterocycles. The van der Waals surface area contributed by atoms with E-state index in [9.17, 15) is 9.59 Å². The van der Waals surface area contributed by atoms with Crippen LogP contribution in [0, 0.1) is 5.41 Å². The van der Waals surface area contributed by atoms with Crippen molar-refractivity contribution in [2.45, 2.75) is 33.7 Å². The summed E-state index contributed by atoms with van der Waals surface area (Å²) < 4.78 is 0. The van der Waals surface area contributed by atoms with E-state index in [2.05, 4.69) is 20.8 Å². The molecule has 0 aliphatic carbocycles. The Labute approximate surface area is 107 Å². The molecule has 3 N–H and O–H groups in total. The fourth-order valence-corrected chi connectivity index (χ4v) is 1.30. The lowest BCUT2D eigenvalue weighted by molar-refractivity contribution is -0.131. The largest absolute Gasteiger partial charge is 0.348 e. The lowest BCUT2D eigenvalue weighted by Crippen LogP contribution is -2.42. The molecule has 0 aromatic carbocycles. The average Bonchev–Trinajstić information content (AvgIpc) is 2.77. The molecule has 1 heterocycles. The van der Waals surface area contributed by atoms with Crippen molar-refractivity contribution in [1.82, 2.24) is 20.8 Å². The molecule has 1 rings (SSSR count). The molecule has 0 aliphatic rings. The molecule has 0 saturated carbocycles. The number of nitrogens with zero attached hydrogens (tertiary/aromatic N) is 1. The van der Waals surface area contributed by atoms with E-state index in [4.69, 9.17) is 0 Å². The van der Waals surface area contributed by atoms with Crippen molar-refractivity contribution in [3.63, 3.8) is 0 Å². The summed E-state index contributed by atoms with van der Waals surface area (Å²) in [4.78, 5) is 23.2. The van der Waals surface area contributed by atoms with E-state index >= 15 is 0 Å². The second-order valence-corrected chi connectivity index (χ2v) is 5.25. The summed E-state index contributed by atoms with van der Waals surface area (Å²) >= 11 is 0. The summed E-state index contributed by atoms with van der Waals surface area (Å²) in [5, 5.41) is 11.9. The molecule has 18 heavy (non-hydrogen) atoms. The zero-order chi connectivity index (χ0) is 13.8. The van der Waals surface area contributed by atoms with E-state index in [-0.39, 0.29) is 24.4 Å². The molecule has 1 aromatic rings. The van der Waals surface area contributed by atoms with Gasteiger partial charge in [0.1, 0.15) is 0 Å². The predicted molar refractivity (Wildman–Crippen MR) is 67.6 cm³/mol. The Kier molecular flexibility index (Phi) is 4.47. The lowest BCUT2D eigenvalue weighted by atomic mass is 9.96. The number of carbonyl (C=O) groups excluding carboxylic acids is 2. The van der Waals surface area contributed by atoms with Crippen LogP contribution in [0.3, 0.4) is 0 Å². The standard InChI is InChI=1S/C12H20N4O2/c1-8(9-5-14-15-6-9)16-10(17)7-13-11(18)12(2,3)4/h5-6,8H,7H2,1-4H3,(H,13,18)(H,14,15)(H,16,17). The Morgan fingerprint density at radius 1 is 1.44 bits per heavy atom. The van der Waals surface area contributed by atoms with Crippen molar-refractivity contribution in [3.8, 4) is 0 Å². The van der Waals surface area contributed by atoms with Gasteiger partial charge in [-0.25, -0.2) is 0 Å². The summed E-state index contributed by atoms with van der Waals surface area (Å²) in [6.07, 6.45) is 3.37. The number of amides is 2. The van der Waals surface area contributed by atoms with Gasteiger partial charge in [-0.05, 0) is 6.92 Å². The third-order valence-electron chi connectivity index (χ3n) is 2.49. The van der Waals surface area contributed by atoms with Crippen molar-refractivity contribution in [2.75, 3.05) is 6.54 Å². The van der Waals surface area contributed by atoms with Crippen LogP contribution in [0.4, 0.5) is 0 Å². The summed E-state index contributed by atoms with van der Waals surface area (Å²) in [5.41, 5.74) is 0.404. The first kappa shape index (κ1) is 14.2. The molecule has 0 radical (unpaired) electrons. The van der Waals surface area contributed by atoms with Gasteiger partial charge in [0.2, 0.25) is 11.8 Å². The minimum absolute atomic E-state index is 0.0156. The Morgan fingerprint density at radius 3 is 2.61 bits per heavy atom. The Hall–Kier alpha value is -1.85. The van der Waals surface area contributed by atoms with Gasteiger partial charge in [0.25, 0.3) is 0 Å². The fourth-order valence-electron chi connectivity index (χ4n) is 1.30. The van der Waals surface area contributed by atoms with E-state index < -0.39 is 5.41 Å². The fraction of sp³-hybridized carbons (Fsp3) is 0.583. The van der Waals surface area contributed by atoms with Gasteiger partial charge in [-0.15, -0.1) is 0 Å². The lowest BCUT2D eigenvalue weighted by Gasteiger charge is -2.18. The van der Waals surface area contributed by atoms with E-state index in [1.807, 2.05) is 6.92 Å². The van der Waals surface area contributed by atoms with Gasteiger partial charge >= 0.3 is 0 Å². The molecule has 2 amide bonds. The Balaban J connectivity index is 2.37. The van der Waals surface area contributed by atoms with Crippen LogP contribution in [0.5, 0.6) is 0 Å². The van der Waals surface area contributed by atoms with Gasteiger partial charge in [0, 0.05) is 17.2 Å². The normalized spacial score (nSPS) is 12.9. The maximum Gasteiger partial charge on any atom is 0.239 e. The summed E-state index contributed by atoms with van der Waals surface area (Å²) in [6, 6.07) is -0.136. The SMILES string of the molecule is CC(NC(=O)CNC(=O)C(C)(C)C)c1cn[nH]c1. The van der Waals surface area contributed by atoms with E-state index in [0.29, 0.717) is 0 Å². The van der Waals surface area contributed by atoms with Gasteiger partial charge in [-0.2, -0.15) is 5.10 Å². The second kappa shape index (κ2) is 5.66. The number of rotatable bonds is 4. The maximum atomic E-state index is 11.6. The van der Waals surface area contributed by atoms with Crippen LogP contribution >= 0.6 is 0 Å². The molecule has 0 bridgehead atoms. The molecular formula is C12H20N4O2. The number of H-pyrrole nitrogens is 1. The first-order chi connectivity index (χ1) is 8.30. The highest BCUT2D eigenvalue weighted by atomic mass is 16.2. The molecule has 6 nitrogen and oxygen atoms in total. The molecule has 1 atom stereocenters. The molecule has 100 valence electrons. The highest BCUT2D eigenvalue weighted by molar-refractivity contribution is 5.87. The first-order valence-corrected chi connectivity index (χ1v) is 5.87. The summed E-state index contributed by atoms with van der Waals surface area (Å²) in [6.45, 7) is 7.24. The quantitative estimate of drug-likeness (QED) is 0.739. The minimum atomic E-state index is -0.490. The number of hydrogen-bond donors (Lipinski definition) is 3. The summed E-state index contributed by atoms with van der Waals surface area (Å²) in [5.74, 6) is -0.366. The van der Waals surface area contributed by atoms with Crippen molar-refractivity contribution >= 4 is 11.8 Å². The third-order valence-corrected chi connectivity index (χ3v) is 2.49. The second-order valence-electron chi connectivity index (χ2n) is 5.25. The Morgan fingerprint density at radius 2 is 2.11 bits per heavy atom. The van der Waals surface area contributed by atoms with Crippen LogP contribution < -0.4 is 10.6 Å². The maximum absolute atomic E-state index is 11.6. The first-order valence-electron chi connectivity index (χ1n) is 5.87. The van der Waals surface area contributed by atoms with Crippen molar-refractivity contribution < 1.29 is 9.59 Å². The van der Waals surface area contributed by atoms with Gasteiger partial charge in [-0.3, -0.25) is 14.7 Å². The van der Waals surface area contributed by atoms with Crippen molar-refractivity contribution in [2.24, 2.45) is 5.41 Å². The summed E-state index contributed by atoms with van der Waals surface area (Å²) in [7, 11) is 0. The van der Waals surface area contributed by atoms with Crippen LogP contribution in [0.1, 0.15) is 39.3 Å². The zero-order valence-electron chi connectivity index (χ0n) is 11.2. The van der Waals surface area contributed by atoms with Crippen LogP contribution in [0.15, 0.2) is 12.4 Å². The smallest absolute Gasteiger partial charge is 0.239 e. The van der Waals surface area contributed by atoms with Crippen molar-refractivity contribution in [3.05, 3.63) is 18.0 Å². The van der Waals surface area contributed by atoms with Crippen LogP contribution in [0.25, 0.3) is 0 Å². The Bertz CT molecular complexity index is 406. The molecule has 0 spiro atoms. The topological polar surface area (TPSA) is 86.9 Å². The van der Waals surface area contributed by atoms with E-state index in [0.717, 1.165) is 5.56 Å². The number of carbonyl (C=O) groups is 2. The van der Waals surface area contributed by atoms with Gasteiger partial charge in [0.05, 0.1) is 18.8 Å². The number of aromatic amines is 1. The number of hydrogen-bond acceptors (Lipinski definition) is 3. The molecule has 6 heteroatoms. The zero-order valence-corrected chi connectivity index (χ0v) is 11.2. The number of nitrogens with one attached hydrogen (secondary N) is 3. The average molecular weight is 252 g/mol. The van der Waals surface area contributed by atoms with Crippen molar-refractivity contribution in [1.29, 1.82) is 0 Å². The molecule has 0 fully saturated rings. The highest BCUT2D eigenvalue weighted by Crippen LogP contribution is 2.12. The van der Waals surface area contributed by atoms with E-state index in [1.54, 1.807) is 33.2 Å². The predicted octanol–water partition coefficient (Wildman–Crippen LogP) is 0.749. The molecular weight excluding hydrogens is 232 g/mol. The van der Waals surface area contributed by atoms with E-state index in [1.165, 1.54) is 0 Å².